The largest absolute Gasteiger partial charge is 0.335 e. The van der Waals surface area contributed by atoms with Crippen molar-refractivity contribution in [2.24, 2.45) is 0 Å². The lowest BCUT2D eigenvalue weighted by atomic mass is 10.0. The maximum atomic E-state index is 14.2. The van der Waals surface area contributed by atoms with E-state index in [1.165, 1.54) is 46.0 Å². The molecule has 4 aromatic rings. The molecule has 4 rings (SSSR count). The van der Waals surface area contributed by atoms with E-state index in [0.29, 0.717) is 5.56 Å². The molecule has 0 saturated carbocycles. The third kappa shape index (κ3) is 2.97. The summed E-state index contributed by atoms with van der Waals surface area (Å²) in [5, 5.41) is -0.181. The molecule has 0 aliphatic rings. The zero-order valence-electron chi connectivity index (χ0n) is 15.5. The Kier molecular flexibility index (Phi) is 4.41. The van der Waals surface area contributed by atoms with E-state index in [4.69, 9.17) is 0 Å². The highest BCUT2D eigenvalue weighted by molar-refractivity contribution is 5.96. The van der Waals surface area contributed by atoms with Gasteiger partial charge in [-0.05, 0) is 42.1 Å². The van der Waals surface area contributed by atoms with Crippen LogP contribution in [0.4, 0.5) is 13.2 Å². The second-order valence-electron chi connectivity index (χ2n) is 6.83. The monoisotopic (exact) mass is 399 g/mol. The van der Waals surface area contributed by atoms with E-state index >= 15 is 0 Å². The molecule has 0 saturated heterocycles. The van der Waals surface area contributed by atoms with Crippen LogP contribution in [0.5, 0.6) is 0 Å². The first-order valence-electron chi connectivity index (χ1n) is 8.82. The zero-order chi connectivity index (χ0) is 20.9. The van der Waals surface area contributed by atoms with Crippen LogP contribution in [0.3, 0.4) is 0 Å². The maximum absolute atomic E-state index is 14.2. The van der Waals surface area contributed by atoms with Gasteiger partial charge >= 0.3 is 0 Å². The molecule has 3 heterocycles. The van der Waals surface area contributed by atoms with Crippen LogP contribution in [0.2, 0.25) is 0 Å². The van der Waals surface area contributed by atoms with Crippen molar-refractivity contribution < 1.29 is 18.0 Å². The van der Waals surface area contributed by atoms with Gasteiger partial charge in [0.25, 0.3) is 11.5 Å². The molecule has 1 aromatic carbocycles. The summed E-state index contributed by atoms with van der Waals surface area (Å²) >= 11 is 0. The summed E-state index contributed by atoms with van der Waals surface area (Å²) in [6.45, 7) is 1.70. The molecule has 29 heavy (non-hydrogen) atoms. The molecular formula is C21H16F3N3O2. The summed E-state index contributed by atoms with van der Waals surface area (Å²) in [5.74, 6) is -3.20. The van der Waals surface area contributed by atoms with Gasteiger partial charge in [0.1, 0.15) is 5.82 Å². The fraction of sp³-hybridized carbons (Fsp3) is 0.143. The van der Waals surface area contributed by atoms with E-state index in [9.17, 15) is 22.8 Å². The van der Waals surface area contributed by atoms with Gasteiger partial charge in [0, 0.05) is 25.6 Å². The molecule has 8 heteroatoms. The number of nitrogens with zero attached hydrogens (tertiary/aromatic N) is 2. The quantitative estimate of drug-likeness (QED) is 0.566. The Hall–Kier alpha value is -3.55. The van der Waals surface area contributed by atoms with Gasteiger partial charge in [-0.15, -0.1) is 0 Å². The molecule has 3 aromatic heterocycles. The third-order valence-electron chi connectivity index (χ3n) is 5.17. The molecule has 0 radical (unpaired) electrons. The van der Waals surface area contributed by atoms with Crippen LogP contribution in [0.1, 0.15) is 28.9 Å². The van der Waals surface area contributed by atoms with Gasteiger partial charge in [0.05, 0.1) is 22.5 Å². The molecule has 5 nitrogen and oxygen atoms in total. The highest BCUT2D eigenvalue weighted by Gasteiger charge is 2.24. The standard InChI is InChI=1S/C21H16F3N3O2/c1-11(14-9-25-20(28)18-13(14)5-6-16(23)19(18)24)26(2)21(29)12-8-17-15(22)4-3-7-27(17)10-12/h3-11H,1-2H3,(H,25,28)/t11-/m1/s1. The van der Waals surface area contributed by atoms with Gasteiger partial charge in [-0.2, -0.15) is 0 Å². The number of amides is 1. The number of hydrogen-bond acceptors (Lipinski definition) is 2. The van der Waals surface area contributed by atoms with Gasteiger partial charge in [-0.25, -0.2) is 13.2 Å². The second-order valence-corrected chi connectivity index (χ2v) is 6.83. The number of aromatic nitrogens is 2. The Morgan fingerprint density at radius 3 is 2.66 bits per heavy atom. The van der Waals surface area contributed by atoms with Crippen LogP contribution in [-0.2, 0) is 0 Å². The van der Waals surface area contributed by atoms with E-state index in [-0.39, 0.29) is 22.4 Å². The lowest BCUT2D eigenvalue weighted by Crippen LogP contribution is -2.30. The van der Waals surface area contributed by atoms with E-state index in [2.05, 4.69) is 4.98 Å². The van der Waals surface area contributed by atoms with Crippen molar-refractivity contribution in [3.8, 4) is 0 Å². The van der Waals surface area contributed by atoms with E-state index in [1.807, 2.05) is 0 Å². The minimum Gasteiger partial charge on any atom is -0.335 e. The van der Waals surface area contributed by atoms with Crippen LogP contribution in [0.25, 0.3) is 16.3 Å². The zero-order valence-corrected chi connectivity index (χ0v) is 15.5. The van der Waals surface area contributed by atoms with Gasteiger partial charge < -0.3 is 14.3 Å². The van der Waals surface area contributed by atoms with Gasteiger partial charge in [0.15, 0.2) is 11.6 Å². The Morgan fingerprint density at radius 1 is 1.17 bits per heavy atom. The first kappa shape index (κ1) is 18.8. The predicted molar refractivity (Wildman–Crippen MR) is 102 cm³/mol. The average Bonchev–Trinajstić information content (AvgIpc) is 3.15. The number of hydrogen-bond donors (Lipinski definition) is 1. The second kappa shape index (κ2) is 6.80. The van der Waals surface area contributed by atoms with Gasteiger partial charge in [0.2, 0.25) is 0 Å². The lowest BCUT2D eigenvalue weighted by Gasteiger charge is -2.26. The van der Waals surface area contributed by atoms with Crippen LogP contribution >= 0.6 is 0 Å². The Labute approximate surface area is 163 Å². The van der Waals surface area contributed by atoms with E-state index < -0.39 is 34.4 Å². The normalized spacial score (nSPS) is 12.4. The first-order valence-corrected chi connectivity index (χ1v) is 8.82. The smallest absolute Gasteiger partial charge is 0.258 e. The summed E-state index contributed by atoms with van der Waals surface area (Å²) < 4.78 is 43.2. The molecule has 0 spiro atoms. The van der Waals surface area contributed by atoms with Crippen LogP contribution in [0, 0.1) is 17.5 Å². The molecule has 0 fully saturated rings. The molecule has 1 N–H and O–H groups in total. The maximum Gasteiger partial charge on any atom is 0.258 e. The molecule has 0 aliphatic heterocycles. The Morgan fingerprint density at radius 2 is 1.93 bits per heavy atom. The van der Waals surface area contributed by atoms with E-state index in [1.54, 1.807) is 20.2 Å². The van der Waals surface area contributed by atoms with Crippen LogP contribution < -0.4 is 5.56 Å². The Balaban J connectivity index is 1.76. The van der Waals surface area contributed by atoms with Crippen molar-refractivity contribution in [1.82, 2.24) is 14.3 Å². The minimum absolute atomic E-state index is 0.216. The van der Waals surface area contributed by atoms with Gasteiger partial charge in [-0.1, -0.05) is 6.07 Å². The predicted octanol–water partition coefficient (Wildman–Crippen LogP) is 4.03. The number of fused-ring (bicyclic) bond motifs is 2. The molecular weight excluding hydrogens is 383 g/mol. The summed E-state index contributed by atoms with van der Waals surface area (Å²) in [7, 11) is 1.54. The summed E-state index contributed by atoms with van der Waals surface area (Å²) in [4.78, 5) is 28.7. The third-order valence-corrected chi connectivity index (χ3v) is 5.17. The van der Waals surface area contributed by atoms with Crippen molar-refractivity contribution >= 4 is 22.2 Å². The molecule has 1 atom stereocenters. The van der Waals surface area contributed by atoms with Gasteiger partial charge in [-0.3, -0.25) is 9.59 Å². The Bertz CT molecular complexity index is 1330. The molecule has 0 aliphatic carbocycles. The number of carbonyl (C=O) groups excluding carboxylic acids is 1. The first-order chi connectivity index (χ1) is 13.8. The number of rotatable bonds is 3. The fourth-order valence-corrected chi connectivity index (χ4v) is 3.46. The number of pyridine rings is 2. The number of nitrogens with one attached hydrogen (secondary N) is 1. The summed E-state index contributed by atoms with van der Waals surface area (Å²) in [5.41, 5.74) is 0.236. The van der Waals surface area contributed by atoms with Crippen LogP contribution in [-0.4, -0.2) is 27.2 Å². The average molecular weight is 399 g/mol. The number of aromatic amines is 1. The highest BCUT2D eigenvalue weighted by Crippen LogP contribution is 2.28. The lowest BCUT2D eigenvalue weighted by molar-refractivity contribution is 0.0743. The minimum atomic E-state index is -1.24. The number of H-pyrrole nitrogens is 1. The van der Waals surface area contributed by atoms with Crippen molar-refractivity contribution in [3.05, 3.63) is 87.9 Å². The number of benzene rings is 1. The molecule has 0 unspecified atom stereocenters. The van der Waals surface area contributed by atoms with Crippen LogP contribution in [0.15, 0.2) is 53.7 Å². The SMILES string of the molecule is C[C@H](c1c[nH]c(=O)c2c(F)c(F)ccc12)N(C)C(=O)c1cc2c(F)cccn2c1. The van der Waals surface area contributed by atoms with Crippen molar-refractivity contribution in [2.75, 3.05) is 7.05 Å². The van der Waals surface area contributed by atoms with Crippen molar-refractivity contribution in [2.45, 2.75) is 13.0 Å². The summed E-state index contributed by atoms with van der Waals surface area (Å²) in [6.07, 6.45) is 4.53. The fourth-order valence-electron chi connectivity index (χ4n) is 3.46. The topological polar surface area (TPSA) is 57.6 Å². The molecule has 0 bridgehead atoms. The highest BCUT2D eigenvalue weighted by atomic mass is 19.2. The van der Waals surface area contributed by atoms with Crippen molar-refractivity contribution in [3.63, 3.8) is 0 Å². The molecule has 148 valence electrons. The number of halogens is 3. The van der Waals surface area contributed by atoms with E-state index in [0.717, 1.165) is 6.07 Å². The van der Waals surface area contributed by atoms with Crippen molar-refractivity contribution in [1.29, 1.82) is 0 Å². The molecule has 1 amide bonds. The summed E-state index contributed by atoms with van der Waals surface area (Å²) in [6, 6.07) is 5.95. The number of carbonyl (C=O) groups is 1.